The van der Waals surface area contributed by atoms with Gasteiger partial charge in [0.25, 0.3) is 0 Å². The SMILES string of the molecule is COC(=O)CCC[C@H](N)[C@H]1O[C@@H]2OC(C)(C)O[C@@H]2[C@H]1OC.O=C(O)C(F)(F)F. The Hall–Kier alpha value is -1.47. The second-order valence-electron chi connectivity index (χ2n) is 6.70. The van der Waals surface area contributed by atoms with Gasteiger partial charge in [-0.05, 0) is 26.7 Å². The lowest BCUT2D eigenvalue weighted by atomic mass is 9.99. The first-order valence-electron chi connectivity index (χ1n) is 8.48. The molecule has 0 spiro atoms. The number of esters is 1. The topological polar surface area (TPSA) is 127 Å². The zero-order valence-electron chi connectivity index (χ0n) is 16.0. The first-order valence-corrected chi connectivity index (χ1v) is 8.48. The van der Waals surface area contributed by atoms with Crippen molar-refractivity contribution in [3.8, 4) is 0 Å². The minimum atomic E-state index is -5.08. The van der Waals surface area contributed by atoms with E-state index < -0.39 is 24.2 Å². The van der Waals surface area contributed by atoms with Gasteiger partial charge in [-0.2, -0.15) is 13.2 Å². The summed E-state index contributed by atoms with van der Waals surface area (Å²) in [5.41, 5.74) is 6.18. The summed E-state index contributed by atoms with van der Waals surface area (Å²) in [6, 6.07) is -0.250. The van der Waals surface area contributed by atoms with Crippen LogP contribution in [0.15, 0.2) is 0 Å². The zero-order valence-corrected chi connectivity index (χ0v) is 16.0. The van der Waals surface area contributed by atoms with Gasteiger partial charge in [0.2, 0.25) is 0 Å². The molecule has 2 rings (SSSR count). The van der Waals surface area contributed by atoms with Crippen LogP contribution in [0, 0.1) is 0 Å². The molecule has 2 saturated heterocycles. The smallest absolute Gasteiger partial charge is 0.475 e. The maximum atomic E-state index is 11.1. The van der Waals surface area contributed by atoms with Gasteiger partial charge in [0.1, 0.15) is 18.3 Å². The number of aliphatic carboxylic acids is 1. The van der Waals surface area contributed by atoms with Gasteiger partial charge < -0.3 is 34.5 Å². The molecular weight excluding hydrogens is 391 g/mol. The Kier molecular flexibility index (Phi) is 8.63. The van der Waals surface area contributed by atoms with Crippen molar-refractivity contribution in [3.05, 3.63) is 0 Å². The number of hydrogen-bond donors (Lipinski definition) is 2. The van der Waals surface area contributed by atoms with Gasteiger partial charge in [-0.1, -0.05) is 0 Å². The third kappa shape index (κ3) is 6.85. The van der Waals surface area contributed by atoms with Crippen LogP contribution in [0.2, 0.25) is 0 Å². The number of nitrogens with two attached hydrogens (primary N) is 1. The predicted octanol–water partition coefficient (Wildman–Crippen LogP) is 1.18. The quantitative estimate of drug-likeness (QED) is 0.613. The number of carboxylic acids is 1. The molecule has 2 heterocycles. The molecule has 0 aliphatic carbocycles. The van der Waals surface area contributed by atoms with Crippen molar-refractivity contribution in [2.45, 2.75) is 75.7 Å². The number of carbonyl (C=O) groups is 2. The summed E-state index contributed by atoms with van der Waals surface area (Å²) in [7, 11) is 2.99. The average molecular weight is 417 g/mol. The summed E-state index contributed by atoms with van der Waals surface area (Å²) in [6.45, 7) is 3.68. The number of ether oxygens (including phenoxy) is 5. The third-order valence-corrected chi connectivity index (χ3v) is 4.11. The van der Waals surface area contributed by atoms with E-state index >= 15 is 0 Å². The molecule has 0 saturated carbocycles. The molecule has 2 aliphatic rings. The number of carbonyl (C=O) groups excluding carboxylic acids is 1. The molecule has 0 aromatic rings. The Balaban J connectivity index is 0.000000480. The summed E-state index contributed by atoms with van der Waals surface area (Å²) < 4.78 is 59.2. The van der Waals surface area contributed by atoms with E-state index in [9.17, 15) is 18.0 Å². The molecule has 3 N–H and O–H groups in total. The Morgan fingerprint density at radius 1 is 1.25 bits per heavy atom. The maximum absolute atomic E-state index is 11.1. The summed E-state index contributed by atoms with van der Waals surface area (Å²) in [6.07, 6.45) is -4.76. The van der Waals surface area contributed by atoms with E-state index in [4.69, 9.17) is 34.6 Å². The first-order chi connectivity index (χ1) is 12.8. The standard InChI is InChI=1S/C14H25NO6.C2HF3O2/c1-14(2)20-12-11(18-4)10(19-13(12)21-14)8(15)6-5-7-9(16)17-3;3-2(4,5)1(6)7/h8,10-13H,5-7,15H2,1-4H3;(H,6,7)/t8-,10+,11-,12+,13+;/m0./s1. The number of carboxylic acid groups (broad SMARTS) is 1. The van der Waals surface area contributed by atoms with Crippen molar-refractivity contribution >= 4 is 11.9 Å². The van der Waals surface area contributed by atoms with Crippen molar-refractivity contribution in [2.24, 2.45) is 5.73 Å². The molecule has 0 radical (unpaired) electrons. The van der Waals surface area contributed by atoms with E-state index in [1.165, 1.54) is 7.11 Å². The number of hydrogen-bond acceptors (Lipinski definition) is 8. The minimum absolute atomic E-state index is 0.233. The lowest BCUT2D eigenvalue weighted by Crippen LogP contribution is -2.46. The highest BCUT2D eigenvalue weighted by Gasteiger charge is 2.56. The highest BCUT2D eigenvalue weighted by molar-refractivity contribution is 5.73. The van der Waals surface area contributed by atoms with E-state index in [1.54, 1.807) is 7.11 Å². The summed E-state index contributed by atoms with van der Waals surface area (Å²) in [5.74, 6) is -3.66. The summed E-state index contributed by atoms with van der Waals surface area (Å²) in [5, 5.41) is 7.12. The van der Waals surface area contributed by atoms with Crippen LogP contribution in [0.1, 0.15) is 33.1 Å². The fraction of sp³-hybridized carbons (Fsp3) is 0.875. The van der Waals surface area contributed by atoms with Crippen LogP contribution < -0.4 is 5.73 Å². The molecule has 2 aliphatic heterocycles. The lowest BCUT2D eigenvalue weighted by Gasteiger charge is -2.28. The molecule has 0 unspecified atom stereocenters. The predicted molar refractivity (Wildman–Crippen MR) is 87.0 cm³/mol. The number of rotatable bonds is 6. The molecule has 2 fully saturated rings. The summed E-state index contributed by atoms with van der Waals surface area (Å²) in [4.78, 5) is 20.0. The van der Waals surface area contributed by atoms with Gasteiger partial charge in [-0.15, -0.1) is 0 Å². The van der Waals surface area contributed by atoms with Gasteiger partial charge in [0, 0.05) is 19.6 Å². The third-order valence-electron chi connectivity index (χ3n) is 4.11. The summed E-state index contributed by atoms with van der Waals surface area (Å²) >= 11 is 0. The van der Waals surface area contributed by atoms with Crippen LogP contribution in [0.3, 0.4) is 0 Å². The van der Waals surface area contributed by atoms with Crippen LogP contribution in [-0.2, 0) is 33.3 Å². The molecule has 164 valence electrons. The van der Waals surface area contributed by atoms with E-state index in [0.717, 1.165) is 0 Å². The Bertz CT molecular complexity index is 542. The Morgan fingerprint density at radius 2 is 1.82 bits per heavy atom. The van der Waals surface area contributed by atoms with E-state index in [2.05, 4.69) is 4.74 Å². The second kappa shape index (κ2) is 9.83. The molecule has 0 aromatic carbocycles. The molecule has 0 aromatic heterocycles. The monoisotopic (exact) mass is 417 g/mol. The number of methoxy groups -OCH3 is 2. The molecular formula is C16H26F3NO8. The van der Waals surface area contributed by atoms with E-state index in [-0.39, 0.29) is 30.3 Å². The molecule has 12 heteroatoms. The Morgan fingerprint density at radius 3 is 2.29 bits per heavy atom. The highest BCUT2D eigenvalue weighted by atomic mass is 19.4. The normalized spacial score (nSPS) is 29.4. The van der Waals surface area contributed by atoms with Crippen molar-refractivity contribution in [1.82, 2.24) is 0 Å². The zero-order chi connectivity index (χ0) is 21.7. The molecule has 5 atom stereocenters. The first kappa shape index (κ1) is 24.6. The van der Waals surface area contributed by atoms with Crippen LogP contribution in [0.4, 0.5) is 13.2 Å². The maximum Gasteiger partial charge on any atom is 0.490 e. The van der Waals surface area contributed by atoms with Crippen LogP contribution >= 0.6 is 0 Å². The number of alkyl halides is 3. The minimum Gasteiger partial charge on any atom is -0.475 e. The number of halogens is 3. The molecule has 9 nitrogen and oxygen atoms in total. The average Bonchev–Trinajstić information content (AvgIpc) is 3.05. The van der Waals surface area contributed by atoms with Crippen LogP contribution in [-0.4, -0.2) is 73.9 Å². The van der Waals surface area contributed by atoms with E-state index in [0.29, 0.717) is 19.3 Å². The van der Waals surface area contributed by atoms with Crippen molar-refractivity contribution in [1.29, 1.82) is 0 Å². The van der Waals surface area contributed by atoms with Gasteiger partial charge in [-0.25, -0.2) is 4.79 Å². The second-order valence-corrected chi connectivity index (χ2v) is 6.70. The molecule has 0 bridgehead atoms. The lowest BCUT2D eigenvalue weighted by molar-refractivity contribution is -0.219. The largest absolute Gasteiger partial charge is 0.490 e. The van der Waals surface area contributed by atoms with Gasteiger partial charge in [0.05, 0.1) is 7.11 Å². The Labute approximate surface area is 160 Å². The van der Waals surface area contributed by atoms with Gasteiger partial charge in [-0.3, -0.25) is 4.79 Å². The number of fused-ring (bicyclic) bond motifs is 1. The van der Waals surface area contributed by atoms with E-state index in [1.807, 2.05) is 13.8 Å². The van der Waals surface area contributed by atoms with Crippen LogP contribution in [0.25, 0.3) is 0 Å². The van der Waals surface area contributed by atoms with Gasteiger partial charge in [0.15, 0.2) is 12.1 Å². The van der Waals surface area contributed by atoms with Crippen molar-refractivity contribution in [3.63, 3.8) is 0 Å². The molecule has 28 heavy (non-hydrogen) atoms. The fourth-order valence-corrected chi connectivity index (χ4v) is 2.87. The van der Waals surface area contributed by atoms with Crippen molar-refractivity contribution in [2.75, 3.05) is 14.2 Å². The highest BCUT2D eigenvalue weighted by Crippen LogP contribution is 2.39. The van der Waals surface area contributed by atoms with Crippen molar-refractivity contribution < 1.29 is 51.6 Å². The van der Waals surface area contributed by atoms with Gasteiger partial charge >= 0.3 is 18.1 Å². The molecule has 0 amide bonds. The van der Waals surface area contributed by atoms with Crippen LogP contribution in [0.5, 0.6) is 0 Å². The fourth-order valence-electron chi connectivity index (χ4n) is 2.87.